The van der Waals surface area contributed by atoms with Crippen LogP contribution in [0.25, 0.3) is 0 Å². The minimum Gasteiger partial charge on any atom is -0.399 e. The Morgan fingerprint density at radius 2 is 1.90 bits per heavy atom. The van der Waals surface area contributed by atoms with Gasteiger partial charge in [0.05, 0.1) is 5.69 Å². The van der Waals surface area contributed by atoms with Crippen LogP contribution in [0.5, 0.6) is 0 Å². The van der Waals surface area contributed by atoms with Crippen molar-refractivity contribution >= 4 is 33.2 Å². The summed E-state index contributed by atoms with van der Waals surface area (Å²) in [7, 11) is 0. The van der Waals surface area contributed by atoms with Gasteiger partial charge < -0.3 is 11.1 Å². The zero-order chi connectivity index (χ0) is 14.5. The third-order valence-corrected chi connectivity index (χ3v) is 3.51. The third-order valence-electron chi connectivity index (χ3n) is 2.85. The van der Waals surface area contributed by atoms with Gasteiger partial charge in [-0.25, -0.2) is 4.39 Å². The highest BCUT2D eigenvalue weighted by molar-refractivity contribution is 9.10. The van der Waals surface area contributed by atoms with E-state index < -0.39 is 5.82 Å². The first-order chi connectivity index (χ1) is 9.56. The number of nitrogens with two attached hydrogens (primary N) is 1. The highest BCUT2D eigenvalue weighted by Crippen LogP contribution is 2.25. The highest BCUT2D eigenvalue weighted by atomic mass is 79.9. The number of hydrogen-bond acceptors (Lipinski definition) is 2. The molecule has 0 unspecified atom stereocenters. The molecule has 20 heavy (non-hydrogen) atoms. The second-order valence-corrected chi connectivity index (χ2v) is 5.24. The first kappa shape index (κ1) is 14.5. The van der Waals surface area contributed by atoms with Crippen molar-refractivity contribution in [3.63, 3.8) is 0 Å². The van der Waals surface area contributed by atoms with Crippen LogP contribution < -0.4 is 11.1 Å². The topological polar surface area (TPSA) is 55.1 Å². The average molecular weight is 337 g/mol. The number of para-hydroxylation sites is 1. The summed E-state index contributed by atoms with van der Waals surface area (Å²) in [6, 6.07) is 11.9. The number of hydrogen-bond donors (Lipinski definition) is 2. The molecule has 5 heteroatoms. The Morgan fingerprint density at radius 1 is 1.20 bits per heavy atom. The molecule has 2 aromatic carbocycles. The van der Waals surface area contributed by atoms with Crippen LogP contribution in [0.4, 0.5) is 15.8 Å². The van der Waals surface area contributed by atoms with Gasteiger partial charge in [-0.15, -0.1) is 0 Å². The molecule has 0 spiro atoms. The van der Waals surface area contributed by atoms with Gasteiger partial charge in [-0.1, -0.05) is 18.2 Å². The Balaban J connectivity index is 1.94. The molecule has 0 saturated carbocycles. The summed E-state index contributed by atoms with van der Waals surface area (Å²) < 4.78 is 14.1. The van der Waals surface area contributed by atoms with Gasteiger partial charge in [0, 0.05) is 16.6 Å². The lowest BCUT2D eigenvalue weighted by Gasteiger charge is -2.08. The van der Waals surface area contributed by atoms with Gasteiger partial charge in [-0.05, 0) is 52.2 Å². The van der Waals surface area contributed by atoms with Crippen LogP contribution in [0.3, 0.4) is 0 Å². The van der Waals surface area contributed by atoms with Crippen molar-refractivity contribution in [1.82, 2.24) is 0 Å². The number of nitrogen functional groups attached to an aromatic ring is 1. The number of rotatable bonds is 4. The lowest BCUT2D eigenvalue weighted by Crippen LogP contribution is -2.13. The predicted octanol–water partition coefficient (Wildman–Crippen LogP) is 3.74. The monoisotopic (exact) mass is 336 g/mol. The molecule has 0 aliphatic rings. The Morgan fingerprint density at radius 3 is 2.55 bits per heavy atom. The van der Waals surface area contributed by atoms with Crippen LogP contribution >= 0.6 is 15.9 Å². The van der Waals surface area contributed by atoms with Crippen molar-refractivity contribution in [3.05, 3.63) is 58.3 Å². The van der Waals surface area contributed by atoms with Crippen LogP contribution in [-0.4, -0.2) is 5.91 Å². The van der Waals surface area contributed by atoms with Crippen molar-refractivity contribution in [2.45, 2.75) is 12.8 Å². The number of aryl methyl sites for hydroxylation is 1. The van der Waals surface area contributed by atoms with E-state index in [0.717, 1.165) is 5.56 Å². The fourth-order valence-electron chi connectivity index (χ4n) is 1.76. The van der Waals surface area contributed by atoms with Crippen LogP contribution in [-0.2, 0) is 11.2 Å². The lowest BCUT2D eigenvalue weighted by atomic mass is 10.1. The smallest absolute Gasteiger partial charge is 0.224 e. The first-order valence-electron chi connectivity index (χ1n) is 6.14. The summed E-state index contributed by atoms with van der Waals surface area (Å²) in [6.07, 6.45) is 0.864. The number of anilines is 2. The number of carbonyl (C=O) groups is 1. The molecular formula is C15H14BrFN2O. The van der Waals surface area contributed by atoms with Crippen molar-refractivity contribution < 1.29 is 9.18 Å². The molecule has 3 nitrogen and oxygen atoms in total. The highest BCUT2D eigenvalue weighted by Gasteiger charge is 2.10. The summed E-state index contributed by atoms with van der Waals surface area (Å²) in [5, 5.41) is 2.57. The quantitative estimate of drug-likeness (QED) is 0.835. The number of carbonyl (C=O) groups excluding carboxylic acids is 1. The van der Waals surface area contributed by atoms with Gasteiger partial charge in [0.15, 0.2) is 0 Å². The normalized spacial score (nSPS) is 10.3. The maximum atomic E-state index is 13.6. The molecule has 0 fully saturated rings. The molecule has 104 valence electrons. The Bertz CT molecular complexity index is 594. The maximum Gasteiger partial charge on any atom is 0.224 e. The molecule has 0 aromatic heterocycles. The molecule has 0 aliphatic heterocycles. The first-order valence-corrected chi connectivity index (χ1v) is 6.94. The van der Waals surface area contributed by atoms with E-state index >= 15 is 0 Å². The minimum absolute atomic E-state index is 0.176. The van der Waals surface area contributed by atoms with Crippen molar-refractivity contribution in [3.8, 4) is 0 Å². The van der Waals surface area contributed by atoms with E-state index in [1.54, 1.807) is 24.3 Å². The number of amides is 1. The summed E-state index contributed by atoms with van der Waals surface area (Å²) in [4.78, 5) is 11.8. The molecule has 0 radical (unpaired) electrons. The van der Waals surface area contributed by atoms with Gasteiger partial charge in [-0.2, -0.15) is 0 Å². The average Bonchev–Trinajstić information content (AvgIpc) is 2.42. The van der Waals surface area contributed by atoms with Gasteiger partial charge in [-0.3, -0.25) is 4.79 Å². The van der Waals surface area contributed by atoms with Crippen LogP contribution in [0, 0.1) is 5.82 Å². The van der Waals surface area contributed by atoms with Crippen molar-refractivity contribution in [2.75, 3.05) is 11.1 Å². The summed E-state index contributed by atoms with van der Waals surface area (Å²) in [6.45, 7) is 0. The number of halogens is 2. The van der Waals surface area contributed by atoms with Crippen molar-refractivity contribution in [2.24, 2.45) is 0 Å². The summed E-state index contributed by atoms with van der Waals surface area (Å²) in [5.41, 5.74) is 7.47. The van der Waals surface area contributed by atoms with E-state index in [1.165, 1.54) is 6.07 Å². The second-order valence-electron chi connectivity index (χ2n) is 4.39. The lowest BCUT2D eigenvalue weighted by molar-refractivity contribution is -0.116. The number of nitrogens with one attached hydrogen (secondary N) is 1. The molecule has 1 amide bonds. The van der Waals surface area contributed by atoms with Gasteiger partial charge >= 0.3 is 0 Å². The predicted molar refractivity (Wildman–Crippen MR) is 81.9 cm³/mol. The SMILES string of the molecule is Nc1ccc(CCC(=O)Nc2c(F)cccc2Br)cc1. The van der Waals surface area contributed by atoms with Gasteiger partial charge in [0.2, 0.25) is 5.91 Å². The van der Waals surface area contributed by atoms with E-state index in [9.17, 15) is 9.18 Å². The van der Waals surface area contributed by atoms with E-state index in [0.29, 0.717) is 16.6 Å². The third kappa shape index (κ3) is 3.81. The zero-order valence-corrected chi connectivity index (χ0v) is 12.3. The van der Waals surface area contributed by atoms with E-state index in [4.69, 9.17) is 5.73 Å². The molecule has 0 saturated heterocycles. The van der Waals surface area contributed by atoms with Crippen LogP contribution in [0.1, 0.15) is 12.0 Å². The fraction of sp³-hybridized carbons (Fsp3) is 0.133. The molecule has 0 heterocycles. The van der Waals surface area contributed by atoms with Gasteiger partial charge in [0.1, 0.15) is 5.82 Å². The molecule has 0 aliphatic carbocycles. The molecule has 3 N–H and O–H groups in total. The van der Waals surface area contributed by atoms with Crippen LogP contribution in [0.15, 0.2) is 46.9 Å². The van der Waals surface area contributed by atoms with E-state index in [1.807, 2.05) is 12.1 Å². The van der Waals surface area contributed by atoms with Crippen molar-refractivity contribution in [1.29, 1.82) is 0 Å². The van der Waals surface area contributed by atoms with Crippen LogP contribution in [0.2, 0.25) is 0 Å². The molecule has 0 bridgehead atoms. The Hall–Kier alpha value is -1.88. The number of benzene rings is 2. The summed E-state index contributed by atoms with van der Waals surface area (Å²) in [5.74, 6) is -0.687. The minimum atomic E-state index is -0.458. The largest absolute Gasteiger partial charge is 0.399 e. The van der Waals surface area contributed by atoms with Gasteiger partial charge in [0.25, 0.3) is 0 Å². The maximum absolute atomic E-state index is 13.6. The standard InChI is InChI=1S/C15H14BrFN2O/c16-12-2-1-3-13(17)15(12)19-14(20)9-6-10-4-7-11(18)8-5-10/h1-5,7-8H,6,9,18H2,(H,19,20). The fourth-order valence-corrected chi connectivity index (χ4v) is 2.20. The molecular weight excluding hydrogens is 323 g/mol. The Labute approximate surface area is 125 Å². The molecule has 2 aromatic rings. The molecule has 0 atom stereocenters. The Kier molecular flexibility index (Phi) is 4.74. The zero-order valence-electron chi connectivity index (χ0n) is 10.7. The summed E-state index contributed by atoms with van der Waals surface area (Å²) >= 11 is 3.21. The molecule has 2 rings (SSSR count). The second kappa shape index (κ2) is 6.52. The van der Waals surface area contributed by atoms with E-state index in [-0.39, 0.29) is 18.0 Å². The van der Waals surface area contributed by atoms with E-state index in [2.05, 4.69) is 21.2 Å².